The molecule has 1 aromatic heterocycles. The number of carbonyl (C=O) groups excluding carboxylic acids is 1. The van der Waals surface area contributed by atoms with Gasteiger partial charge in [-0.1, -0.05) is 60.7 Å². The molecule has 0 saturated heterocycles. The summed E-state index contributed by atoms with van der Waals surface area (Å²) in [6.45, 7) is 3.55. The van der Waals surface area contributed by atoms with E-state index in [0.717, 1.165) is 47.5 Å². The van der Waals surface area contributed by atoms with Gasteiger partial charge in [0.1, 0.15) is 0 Å². The first kappa shape index (κ1) is 25.5. The van der Waals surface area contributed by atoms with Gasteiger partial charge in [0.05, 0.1) is 11.9 Å². The number of hydrogen-bond acceptors (Lipinski definition) is 4. The van der Waals surface area contributed by atoms with E-state index in [4.69, 9.17) is 5.73 Å². The molecular formula is C31H33N3OS. The summed E-state index contributed by atoms with van der Waals surface area (Å²) in [6, 6.07) is 26.8. The predicted molar refractivity (Wildman–Crippen MR) is 152 cm³/mol. The normalized spacial score (nSPS) is 10.8. The SMILES string of the molecule is CSCCCc1c(CN(Cc2ccccc2)c2cccnc2)ccc(C(N)=O)c1-c1ccccc1C. The maximum absolute atomic E-state index is 12.6. The molecule has 0 bridgehead atoms. The fraction of sp³-hybridized carbons (Fsp3) is 0.226. The van der Waals surface area contributed by atoms with Gasteiger partial charge < -0.3 is 10.6 Å². The Hall–Kier alpha value is -3.57. The summed E-state index contributed by atoms with van der Waals surface area (Å²) in [7, 11) is 0. The minimum Gasteiger partial charge on any atom is -0.366 e. The molecule has 4 aromatic rings. The average molecular weight is 496 g/mol. The molecule has 5 heteroatoms. The van der Waals surface area contributed by atoms with E-state index in [1.54, 1.807) is 6.20 Å². The number of nitrogens with two attached hydrogens (primary N) is 1. The maximum atomic E-state index is 12.6. The lowest BCUT2D eigenvalue weighted by Gasteiger charge is -2.28. The lowest BCUT2D eigenvalue weighted by atomic mass is 9.86. The zero-order valence-corrected chi connectivity index (χ0v) is 21.8. The Balaban J connectivity index is 1.84. The highest BCUT2D eigenvalue weighted by atomic mass is 32.2. The van der Waals surface area contributed by atoms with E-state index >= 15 is 0 Å². The lowest BCUT2D eigenvalue weighted by molar-refractivity contribution is 0.100. The molecule has 36 heavy (non-hydrogen) atoms. The summed E-state index contributed by atoms with van der Waals surface area (Å²) in [5.41, 5.74) is 14.4. The molecule has 0 aliphatic carbocycles. The minimum atomic E-state index is -0.390. The van der Waals surface area contributed by atoms with Gasteiger partial charge in [-0.15, -0.1) is 0 Å². The number of hydrogen-bond donors (Lipinski definition) is 1. The summed E-state index contributed by atoms with van der Waals surface area (Å²) < 4.78 is 0. The number of primary amides is 1. The standard InChI is InChI=1S/C31H33N3OS/c1-23-10-6-7-14-27(23)30-28(15-9-19-36-2)25(16-17-29(30)31(32)35)22-34(26-13-8-18-33-20-26)21-24-11-4-3-5-12-24/h3-8,10-14,16-18,20H,9,15,19,21-22H2,1-2H3,(H2,32,35). The highest BCUT2D eigenvalue weighted by Gasteiger charge is 2.21. The van der Waals surface area contributed by atoms with Crippen molar-refractivity contribution >= 4 is 23.4 Å². The first-order valence-electron chi connectivity index (χ1n) is 12.3. The summed E-state index contributed by atoms with van der Waals surface area (Å²) in [4.78, 5) is 19.3. The van der Waals surface area contributed by atoms with Crippen molar-refractivity contribution in [1.29, 1.82) is 0 Å². The molecular weight excluding hydrogens is 462 g/mol. The molecule has 2 N–H and O–H groups in total. The van der Waals surface area contributed by atoms with E-state index in [0.29, 0.717) is 12.1 Å². The Morgan fingerprint density at radius 3 is 2.42 bits per heavy atom. The molecule has 1 amide bonds. The van der Waals surface area contributed by atoms with Gasteiger partial charge >= 0.3 is 0 Å². The fourth-order valence-corrected chi connectivity index (χ4v) is 5.11. The van der Waals surface area contributed by atoms with Crippen LogP contribution in [0.25, 0.3) is 11.1 Å². The number of nitrogens with zero attached hydrogens (tertiary/aromatic N) is 2. The summed E-state index contributed by atoms with van der Waals surface area (Å²) in [6.07, 6.45) is 7.76. The smallest absolute Gasteiger partial charge is 0.249 e. The van der Waals surface area contributed by atoms with Gasteiger partial charge in [-0.3, -0.25) is 9.78 Å². The van der Waals surface area contributed by atoms with Crippen molar-refractivity contribution in [1.82, 2.24) is 4.98 Å². The molecule has 4 rings (SSSR count). The molecule has 0 unspecified atom stereocenters. The van der Waals surface area contributed by atoms with Crippen molar-refractivity contribution in [3.05, 3.63) is 119 Å². The molecule has 0 atom stereocenters. The van der Waals surface area contributed by atoms with Crippen LogP contribution >= 0.6 is 11.8 Å². The lowest BCUT2D eigenvalue weighted by Crippen LogP contribution is -2.24. The number of benzene rings is 3. The third-order valence-electron chi connectivity index (χ3n) is 6.45. The van der Waals surface area contributed by atoms with Gasteiger partial charge in [-0.05, 0) is 83.4 Å². The topological polar surface area (TPSA) is 59.2 Å². The largest absolute Gasteiger partial charge is 0.366 e. The summed E-state index contributed by atoms with van der Waals surface area (Å²) in [5, 5.41) is 0. The Morgan fingerprint density at radius 1 is 0.944 bits per heavy atom. The third kappa shape index (κ3) is 6.16. The monoisotopic (exact) mass is 495 g/mol. The van der Waals surface area contributed by atoms with Crippen LogP contribution in [0.2, 0.25) is 0 Å². The summed E-state index contributed by atoms with van der Waals surface area (Å²) >= 11 is 1.84. The number of anilines is 1. The van der Waals surface area contributed by atoms with Gasteiger partial charge in [-0.25, -0.2) is 0 Å². The quantitative estimate of drug-likeness (QED) is 0.236. The number of aromatic nitrogens is 1. The van der Waals surface area contributed by atoms with Crippen LogP contribution < -0.4 is 10.6 Å². The molecule has 0 fully saturated rings. The zero-order valence-electron chi connectivity index (χ0n) is 21.0. The van der Waals surface area contributed by atoms with Crippen molar-refractivity contribution in [2.45, 2.75) is 32.9 Å². The molecule has 0 aliphatic rings. The summed E-state index contributed by atoms with van der Waals surface area (Å²) in [5.74, 6) is 0.670. The minimum absolute atomic E-state index is 0.390. The van der Waals surface area contributed by atoms with Gasteiger partial charge in [0, 0.05) is 24.8 Å². The van der Waals surface area contributed by atoms with Crippen molar-refractivity contribution in [2.24, 2.45) is 5.73 Å². The second-order valence-electron chi connectivity index (χ2n) is 8.95. The highest BCUT2D eigenvalue weighted by molar-refractivity contribution is 7.98. The Bertz CT molecular complexity index is 1290. The Morgan fingerprint density at radius 2 is 1.72 bits per heavy atom. The highest BCUT2D eigenvalue weighted by Crippen LogP contribution is 2.35. The Kier molecular flexibility index (Phi) is 8.80. The van der Waals surface area contributed by atoms with E-state index in [1.807, 2.05) is 48.3 Å². The number of rotatable bonds is 11. The first-order valence-corrected chi connectivity index (χ1v) is 13.7. The molecule has 0 spiro atoms. The molecule has 1 heterocycles. The van der Waals surface area contributed by atoms with Gasteiger partial charge in [0.25, 0.3) is 0 Å². The second kappa shape index (κ2) is 12.4. The number of thioether (sulfide) groups is 1. The van der Waals surface area contributed by atoms with Gasteiger partial charge in [0.15, 0.2) is 0 Å². The van der Waals surface area contributed by atoms with Crippen molar-refractivity contribution in [3.63, 3.8) is 0 Å². The average Bonchev–Trinajstić information content (AvgIpc) is 2.90. The number of amides is 1. The van der Waals surface area contributed by atoms with E-state index in [-0.39, 0.29) is 5.91 Å². The number of carbonyl (C=O) groups is 1. The number of aryl methyl sites for hydroxylation is 1. The van der Waals surface area contributed by atoms with E-state index < -0.39 is 0 Å². The van der Waals surface area contributed by atoms with Crippen LogP contribution in [0.1, 0.15) is 39.0 Å². The van der Waals surface area contributed by atoms with E-state index in [9.17, 15) is 4.79 Å². The van der Waals surface area contributed by atoms with Crippen molar-refractivity contribution < 1.29 is 4.79 Å². The van der Waals surface area contributed by atoms with Crippen LogP contribution in [0.15, 0.2) is 91.3 Å². The van der Waals surface area contributed by atoms with Gasteiger partial charge in [-0.2, -0.15) is 11.8 Å². The van der Waals surface area contributed by atoms with E-state index in [2.05, 4.69) is 71.6 Å². The van der Waals surface area contributed by atoms with Crippen LogP contribution in [0.4, 0.5) is 5.69 Å². The Labute approximate surface area is 218 Å². The number of pyridine rings is 1. The van der Waals surface area contributed by atoms with Crippen LogP contribution in [0.5, 0.6) is 0 Å². The maximum Gasteiger partial charge on any atom is 0.249 e. The molecule has 0 aliphatic heterocycles. The molecule has 0 saturated carbocycles. The van der Waals surface area contributed by atoms with Gasteiger partial charge in [0.2, 0.25) is 5.91 Å². The van der Waals surface area contributed by atoms with Crippen LogP contribution in [-0.4, -0.2) is 22.9 Å². The molecule has 0 radical (unpaired) electrons. The van der Waals surface area contributed by atoms with Crippen molar-refractivity contribution in [3.8, 4) is 11.1 Å². The van der Waals surface area contributed by atoms with Crippen LogP contribution in [0.3, 0.4) is 0 Å². The predicted octanol–water partition coefficient (Wildman–Crippen LogP) is 6.66. The molecule has 184 valence electrons. The third-order valence-corrected chi connectivity index (χ3v) is 7.15. The van der Waals surface area contributed by atoms with Crippen LogP contribution in [-0.2, 0) is 19.5 Å². The fourth-order valence-electron chi connectivity index (χ4n) is 4.67. The molecule has 3 aromatic carbocycles. The first-order chi connectivity index (χ1) is 17.6. The van der Waals surface area contributed by atoms with Crippen molar-refractivity contribution in [2.75, 3.05) is 16.9 Å². The second-order valence-corrected chi connectivity index (χ2v) is 9.94. The van der Waals surface area contributed by atoms with Crippen LogP contribution in [0, 0.1) is 6.92 Å². The van der Waals surface area contributed by atoms with E-state index in [1.165, 1.54) is 16.7 Å². The molecule has 4 nitrogen and oxygen atoms in total. The zero-order chi connectivity index (χ0) is 25.3.